The molecule has 0 aliphatic carbocycles. The fraction of sp³-hybridized carbons (Fsp3) is 0.150. The van der Waals surface area contributed by atoms with Gasteiger partial charge in [0.2, 0.25) is 5.88 Å². The van der Waals surface area contributed by atoms with Crippen molar-refractivity contribution in [2.75, 3.05) is 13.7 Å². The third-order valence-electron chi connectivity index (χ3n) is 4.11. The van der Waals surface area contributed by atoms with Gasteiger partial charge in [0.25, 0.3) is 0 Å². The van der Waals surface area contributed by atoms with E-state index in [2.05, 4.69) is 12.1 Å². The average Bonchev–Trinajstić information content (AvgIpc) is 3.01. The first-order chi connectivity index (χ1) is 11.8. The number of hydrogen-bond donors (Lipinski definition) is 0. The Kier molecular flexibility index (Phi) is 3.58. The summed E-state index contributed by atoms with van der Waals surface area (Å²) in [5, 5.41) is 7.82. The van der Waals surface area contributed by atoms with Crippen LogP contribution in [-0.2, 0) is 0 Å². The fourth-order valence-electron chi connectivity index (χ4n) is 3.08. The van der Waals surface area contributed by atoms with Gasteiger partial charge in [-0.1, -0.05) is 42.5 Å². The molecule has 0 unspecified atom stereocenters. The number of methoxy groups -OCH3 is 1. The zero-order chi connectivity index (χ0) is 16.5. The van der Waals surface area contributed by atoms with Gasteiger partial charge >= 0.3 is 0 Å². The van der Waals surface area contributed by atoms with Crippen molar-refractivity contribution in [3.63, 3.8) is 0 Å². The number of fused-ring (bicyclic) bond motifs is 3. The SMILES string of the molecule is CCOc1nn(-c2ccccc2)c2c1cc(OC)c1ccccc12. The second-order valence-electron chi connectivity index (χ2n) is 5.51. The number of para-hydroxylation sites is 1. The van der Waals surface area contributed by atoms with Crippen molar-refractivity contribution in [1.29, 1.82) is 0 Å². The predicted molar refractivity (Wildman–Crippen MR) is 96.3 cm³/mol. The Morgan fingerprint density at radius 1 is 0.917 bits per heavy atom. The van der Waals surface area contributed by atoms with Crippen molar-refractivity contribution in [3.8, 4) is 17.3 Å². The molecule has 3 aromatic carbocycles. The van der Waals surface area contributed by atoms with Crippen LogP contribution in [-0.4, -0.2) is 23.5 Å². The molecular formula is C20H18N2O2. The van der Waals surface area contributed by atoms with E-state index in [9.17, 15) is 0 Å². The maximum Gasteiger partial charge on any atom is 0.241 e. The Morgan fingerprint density at radius 3 is 2.33 bits per heavy atom. The van der Waals surface area contributed by atoms with Crippen molar-refractivity contribution in [1.82, 2.24) is 9.78 Å². The van der Waals surface area contributed by atoms with Crippen LogP contribution in [0.4, 0.5) is 0 Å². The standard InChI is InChI=1S/C20H18N2O2/c1-3-24-20-17-13-18(23-2)15-11-7-8-12-16(15)19(17)22(21-20)14-9-5-4-6-10-14/h4-13H,3H2,1-2H3. The van der Waals surface area contributed by atoms with Crippen LogP contribution >= 0.6 is 0 Å². The van der Waals surface area contributed by atoms with Crippen molar-refractivity contribution >= 4 is 21.7 Å². The molecule has 1 heterocycles. The highest BCUT2D eigenvalue weighted by atomic mass is 16.5. The molecule has 0 radical (unpaired) electrons. The largest absolute Gasteiger partial charge is 0.496 e. The molecule has 4 aromatic rings. The third kappa shape index (κ3) is 2.19. The first-order valence-electron chi connectivity index (χ1n) is 8.00. The zero-order valence-corrected chi connectivity index (χ0v) is 13.7. The third-order valence-corrected chi connectivity index (χ3v) is 4.11. The number of rotatable bonds is 4. The number of aromatic nitrogens is 2. The quantitative estimate of drug-likeness (QED) is 0.552. The minimum Gasteiger partial charge on any atom is -0.496 e. The molecule has 0 saturated carbocycles. The van der Waals surface area contributed by atoms with E-state index < -0.39 is 0 Å². The van der Waals surface area contributed by atoms with E-state index in [0.717, 1.165) is 33.1 Å². The molecule has 0 atom stereocenters. The van der Waals surface area contributed by atoms with E-state index in [4.69, 9.17) is 14.6 Å². The lowest BCUT2D eigenvalue weighted by Gasteiger charge is -2.09. The lowest BCUT2D eigenvalue weighted by molar-refractivity contribution is 0.328. The van der Waals surface area contributed by atoms with Gasteiger partial charge in [0.1, 0.15) is 5.75 Å². The Balaban J connectivity index is 2.15. The molecule has 0 amide bonds. The number of nitrogens with zero attached hydrogens (tertiary/aromatic N) is 2. The van der Waals surface area contributed by atoms with Crippen LogP contribution in [0.5, 0.6) is 11.6 Å². The smallest absolute Gasteiger partial charge is 0.241 e. The van der Waals surface area contributed by atoms with Crippen molar-refractivity contribution in [3.05, 3.63) is 60.7 Å². The van der Waals surface area contributed by atoms with Crippen molar-refractivity contribution in [2.24, 2.45) is 0 Å². The van der Waals surface area contributed by atoms with E-state index in [1.807, 2.05) is 60.1 Å². The maximum absolute atomic E-state index is 5.78. The van der Waals surface area contributed by atoms with Crippen LogP contribution in [0.15, 0.2) is 60.7 Å². The summed E-state index contributed by atoms with van der Waals surface area (Å²) < 4.78 is 13.3. The second kappa shape index (κ2) is 5.89. The van der Waals surface area contributed by atoms with E-state index in [-0.39, 0.29) is 0 Å². The number of benzene rings is 3. The van der Waals surface area contributed by atoms with Gasteiger partial charge in [-0.3, -0.25) is 0 Å². The molecule has 0 N–H and O–H groups in total. The normalized spacial score (nSPS) is 11.1. The summed E-state index contributed by atoms with van der Waals surface area (Å²) in [5.74, 6) is 1.45. The van der Waals surface area contributed by atoms with Gasteiger partial charge in [-0.2, -0.15) is 0 Å². The molecule has 1 aromatic heterocycles. The highest BCUT2D eigenvalue weighted by molar-refractivity contribution is 6.10. The van der Waals surface area contributed by atoms with Crippen molar-refractivity contribution < 1.29 is 9.47 Å². The van der Waals surface area contributed by atoms with Gasteiger partial charge in [0.15, 0.2) is 0 Å². The molecule has 4 nitrogen and oxygen atoms in total. The minimum atomic E-state index is 0.566. The van der Waals surface area contributed by atoms with Gasteiger partial charge in [-0.15, -0.1) is 5.10 Å². The van der Waals surface area contributed by atoms with Crippen LogP contribution in [0.3, 0.4) is 0 Å². The lowest BCUT2D eigenvalue weighted by atomic mass is 10.1. The van der Waals surface area contributed by atoms with Gasteiger partial charge in [-0.25, -0.2) is 4.68 Å². The van der Waals surface area contributed by atoms with Crippen LogP contribution in [0.2, 0.25) is 0 Å². The molecule has 0 saturated heterocycles. The highest BCUT2D eigenvalue weighted by Gasteiger charge is 2.18. The summed E-state index contributed by atoms with van der Waals surface area (Å²) >= 11 is 0. The van der Waals surface area contributed by atoms with Crippen LogP contribution < -0.4 is 9.47 Å². The molecule has 24 heavy (non-hydrogen) atoms. The maximum atomic E-state index is 5.78. The Morgan fingerprint density at radius 2 is 1.62 bits per heavy atom. The summed E-state index contributed by atoms with van der Waals surface area (Å²) in [5.41, 5.74) is 2.03. The van der Waals surface area contributed by atoms with Gasteiger partial charge < -0.3 is 9.47 Å². The predicted octanol–water partition coefficient (Wildman–Crippen LogP) is 4.59. The van der Waals surface area contributed by atoms with Crippen molar-refractivity contribution in [2.45, 2.75) is 6.92 Å². The summed E-state index contributed by atoms with van der Waals surface area (Å²) in [4.78, 5) is 0. The minimum absolute atomic E-state index is 0.566. The van der Waals surface area contributed by atoms with Crippen LogP contribution in [0.25, 0.3) is 27.4 Å². The van der Waals surface area contributed by atoms with Crippen LogP contribution in [0, 0.1) is 0 Å². The molecule has 0 spiro atoms. The summed E-state index contributed by atoms with van der Waals surface area (Å²) in [7, 11) is 1.69. The lowest BCUT2D eigenvalue weighted by Crippen LogP contribution is -1.98. The second-order valence-corrected chi connectivity index (χ2v) is 5.51. The van der Waals surface area contributed by atoms with E-state index >= 15 is 0 Å². The van der Waals surface area contributed by atoms with E-state index in [0.29, 0.717) is 12.5 Å². The summed E-state index contributed by atoms with van der Waals surface area (Å²) in [6.45, 7) is 2.53. The average molecular weight is 318 g/mol. The number of ether oxygens (including phenoxy) is 2. The topological polar surface area (TPSA) is 36.3 Å². The van der Waals surface area contributed by atoms with Gasteiger partial charge in [0.05, 0.1) is 30.3 Å². The Hall–Kier alpha value is -3.01. The Labute approximate surface area is 140 Å². The molecule has 0 bridgehead atoms. The summed E-state index contributed by atoms with van der Waals surface area (Å²) in [6.07, 6.45) is 0. The first kappa shape index (κ1) is 14.6. The molecule has 0 fully saturated rings. The number of hydrogen-bond acceptors (Lipinski definition) is 3. The molecule has 0 aliphatic heterocycles. The highest BCUT2D eigenvalue weighted by Crippen LogP contribution is 2.38. The molecular weight excluding hydrogens is 300 g/mol. The van der Waals surface area contributed by atoms with E-state index in [1.54, 1.807) is 7.11 Å². The molecule has 120 valence electrons. The zero-order valence-electron chi connectivity index (χ0n) is 13.7. The molecule has 0 aliphatic rings. The first-order valence-corrected chi connectivity index (χ1v) is 8.00. The van der Waals surface area contributed by atoms with E-state index in [1.165, 1.54) is 0 Å². The molecule has 4 heteroatoms. The fourth-order valence-corrected chi connectivity index (χ4v) is 3.08. The Bertz CT molecular complexity index is 1010. The van der Waals surface area contributed by atoms with Crippen LogP contribution in [0.1, 0.15) is 6.92 Å². The summed E-state index contributed by atoms with van der Waals surface area (Å²) in [6, 6.07) is 20.3. The molecule has 4 rings (SSSR count). The van der Waals surface area contributed by atoms with Gasteiger partial charge in [0, 0.05) is 10.8 Å². The monoisotopic (exact) mass is 318 g/mol. The van der Waals surface area contributed by atoms with Gasteiger partial charge in [-0.05, 0) is 25.1 Å².